The van der Waals surface area contributed by atoms with Gasteiger partial charge in [-0.2, -0.15) is 5.10 Å². The van der Waals surface area contributed by atoms with E-state index in [1.165, 1.54) is 17.3 Å². The van der Waals surface area contributed by atoms with Crippen molar-refractivity contribution < 1.29 is 4.79 Å². The molecule has 1 amide bonds. The predicted octanol–water partition coefficient (Wildman–Crippen LogP) is 3.02. The van der Waals surface area contributed by atoms with Crippen LogP contribution in [0.4, 0.5) is 0 Å². The molecule has 0 fully saturated rings. The van der Waals surface area contributed by atoms with E-state index in [1.54, 1.807) is 4.68 Å². The molecule has 0 bridgehead atoms. The lowest BCUT2D eigenvalue weighted by molar-refractivity contribution is -0.118. The molecule has 7 heteroatoms. The summed E-state index contributed by atoms with van der Waals surface area (Å²) >= 11 is 1.49. The summed E-state index contributed by atoms with van der Waals surface area (Å²) in [6.45, 7) is 4.37. The summed E-state index contributed by atoms with van der Waals surface area (Å²) in [5, 5.41) is 12.4. The van der Waals surface area contributed by atoms with Crippen molar-refractivity contribution in [1.29, 1.82) is 0 Å². The Hall–Kier alpha value is -2.67. The van der Waals surface area contributed by atoms with Crippen molar-refractivity contribution in [2.75, 3.05) is 5.75 Å². The van der Waals surface area contributed by atoms with E-state index in [4.69, 9.17) is 0 Å². The standard InChI is InChI=1S/C18H19N5OS/c1-13-7-9-15(10-8-13)25-12-18(24)21-19-14(2)11-23-17-6-4-3-5-16(17)20-22-23/h3-10H,11-12H2,1-2H3,(H,21,24)/b19-14+. The van der Waals surface area contributed by atoms with Crippen LogP contribution in [-0.2, 0) is 11.3 Å². The number of para-hydroxylation sites is 1. The van der Waals surface area contributed by atoms with Gasteiger partial charge < -0.3 is 0 Å². The Labute approximate surface area is 150 Å². The van der Waals surface area contributed by atoms with Gasteiger partial charge in [-0.25, -0.2) is 10.1 Å². The van der Waals surface area contributed by atoms with Crippen molar-refractivity contribution in [2.24, 2.45) is 5.10 Å². The monoisotopic (exact) mass is 353 g/mol. The summed E-state index contributed by atoms with van der Waals surface area (Å²) in [6, 6.07) is 15.8. The first-order valence-electron chi connectivity index (χ1n) is 7.91. The van der Waals surface area contributed by atoms with E-state index in [9.17, 15) is 4.79 Å². The summed E-state index contributed by atoms with van der Waals surface area (Å²) in [5.41, 5.74) is 6.33. The zero-order chi connectivity index (χ0) is 17.6. The highest BCUT2D eigenvalue weighted by atomic mass is 32.2. The minimum atomic E-state index is -0.131. The van der Waals surface area contributed by atoms with E-state index in [1.807, 2.05) is 62.4 Å². The molecule has 0 unspecified atom stereocenters. The third-order valence-corrected chi connectivity index (χ3v) is 4.57. The Bertz CT molecular complexity index is 901. The number of aromatic nitrogens is 3. The molecule has 0 radical (unpaired) electrons. The number of amides is 1. The molecule has 3 aromatic rings. The molecule has 1 N–H and O–H groups in total. The van der Waals surface area contributed by atoms with Gasteiger partial charge in [0, 0.05) is 4.90 Å². The van der Waals surface area contributed by atoms with Gasteiger partial charge in [-0.15, -0.1) is 16.9 Å². The number of nitrogens with one attached hydrogen (secondary N) is 1. The number of hydrogen-bond donors (Lipinski definition) is 1. The number of aryl methyl sites for hydroxylation is 1. The van der Waals surface area contributed by atoms with Gasteiger partial charge in [0.15, 0.2) is 0 Å². The number of thioether (sulfide) groups is 1. The molecule has 128 valence electrons. The van der Waals surface area contributed by atoms with Gasteiger partial charge in [-0.3, -0.25) is 4.79 Å². The fourth-order valence-electron chi connectivity index (χ4n) is 2.26. The van der Waals surface area contributed by atoms with E-state index in [-0.39, 0.29) is 5.91 Å². The van der Waals surface area contributed by atoms with E-state index in [2.05, 4.69) is 20.8 Å². The van der Waals surface area contributed by atoms with Gasteiger partial charge in [0.25, 0.3) is 0 Å². The maximum Gasteiger partial charge on any atom is 0.250 e. The first kappa shape index (κ1) is 17.2. The molecule has 6 nitrogen and oxygen atoms in total. The number of nitrogens with zero attached hydrogens (tertiary/aromatic N) is 4. The van der Waals surface area contributed by atoms with Crippen LogP contribution in [0.5, 0.6) is 0 Å². The first-order chi connectivity index (χ1) is 12.1. The molecule has 0 aliphatic carbocycles. The van der Waals surface area contributed by atoms with Crippen LogP contribution in [-0.4, -0.2) is 32.4 Å². The number of fused-ring (bicyclic) bond motifs is 1. The number of carbonyl (C=O) groups is 1. The van der Waals surface area contributed by atoms with Crippen molar-refractivity contribution in [3.05, 3.63) is 54.1 Å². The van der Waals surface area contributed by atoms with Crippen LogP contribution in [0.1, 0.15) is 12.5 Å². The fourth-order valence-corrected chi connectivity index (χ4v) is 2.95. The molecular formula is C18H19N5OS. The van der Waals surface area contributed by atoms with E-state index in [0.29, 0.717) is 12.3 Å². The molecule has 0 atom stereocenters. The number of carbonyl (C=O) groups excluding carboxylic acids is 1. The zero-order valence-corrected chi connectivity index (χ0v) is 15.0. The third-order valence-electron chi connectivity index (χ3n) is 3.56. The molecule has 0 saturated heterocycles. The van der Waals surface area contributed by atoms with Crippen LogP contribution in [0.2, 0.25) is 0 Å². The highest BCUT2D eigenvalue weighted by molar-refractivity contribution is 8.00. The number of benzene rings is 2. The van der Waals surface area contributed by atoms with E-state index < -0.39 is 0 Å². The molecule has 0 aliphatic heterocycles. The lowest BCUT2D eigenvalue weighted by Gasteiger charge is -2.04. The van der Waals surface area contributed by atoms with E-state index in [0.717, 1.165) is 21.6 Å². The summed E-state index contributed by atoms with van der Waals surface area (Å²) in [6.07, 6.45) is 0. The average molecular weight is 353 g/mol. The highest BCUT2D eigenvalue weighted by Crippen LogP contribution is 2.17. The van der Waals surface area contributed by atoms with E-state index >= 15 is 0 Å². The molecule has 1 heterocycles. The van der Waals surface area contributed by atoms with Crippen LogP contribution in [0, 0.1) is 6.92 Å². The highest BCUT2D eigenvalue weighted by Gasteiger charge is 2.06. The number of hydrogen-bond acceptors (Lipinski definition) is 5. The molecule has 0 aliphatic rings. The Morgan fingerprint density at radius 3 is 2.76 bits per heavy atom. The second kappa shape index (κ2) is 7.94. The second-order valence-corrected chi connectivity index (χ2v) is 6.77. The van der Waals surface area contributed by atoms with Gasteiger partial charge in [-0.05, 0) is 38.1 Å². The summed E-state index contributed by atoms with van der Waals surface area (Å²) in [4.78, 5) is 13.0. The van der Waals surface area contributed by atoms with Gasteiger partial charge >= 0.3 is 0 Å². The van der Waals surface area contributed by atoms with Crippen LogP contribution >= 0.6 is 11.8 Å². The van der Waals surface area contributed by atoms with Crippen molar-refractivity contribution in [1.82, 2.24) is 20.4 Å². The second-order valence-electron chi connectivity index (χ2n) is 5.72. The normalized spacial score (nSPS) is 11.7. The molecular weight excluding hydrogens is 334 g/mol. The number of rotatable bonds is 6. The smallest absolute Gasteiger partial charge is 0.250 e. The van der Waals surface area contributed by atoms with Gasteiger partial charge in [0.05, 0.1) is 23.5 Å². The summed E-state index contributed by atoms with van der Waals surface area (Å²) < 4.78 is 1.77. The SMILES string of the molecule is C/C(Cn1nnc2ccccc21)=N\NC(=O)CSc1ccc(C)cc1. The van der Waals surface area contributed by atoms with Crippen molar-refractivity contribution >= 4 is 34.4 Å². The van der Waals surface area contributed by atoms with Crippen LogP contribution in [0.3, 0.4) is 0 Å². The lowest BCUT2D eigenvalue weighted by atomic mass is 10.2. The Balaban J connectivity index is 1.52. The van der Waals surface area contributed by atoms with Crippen LogP contribution in [0.25, 0.3) is 11.0 Å². The minimum absolute atomic E-state index is 0.131. The van der Waals surface area contributed by atoms with Gasteiger partial charge in [-0.1, -0.05) is 35.0 Å². The molecule has 1 aromatic heterocycles. The molecule has 25 heavy (non-hydrogen) atoms. The largest absolute Gasteiger partial charge is 0.272 e. The quantitative estimate of drug-likeness (QED) is 0.420. The number of hydrazone groups is 1. The van der Waals surface area contributed by atoms with Crippen molar-refractivity contribution in [2.45, 2.75) is 25.3 Å². The van der Waals surface area contributed by atoms with Gasteiger partial charge in [0.1, 0.15) is 5.52 Å². The zero-order valence-electron chi connectivity index (χ0n) is 14.1. The lowest BCUT2D eigenvalue weighted by Crippen LogP contribution is -2.22. The Morgan fingerprint density at radius 2 is 1.96 bits per heavy atom. The fraction of sp³-hybridized carbons (Fsp3) is 0.222. The van der Waals surface area contributed by atoms with Crippen LogP contribution in [0.15, 0.2) is 58.5 Å². The maximum absolute atomic E-state index is 11.9. The predicted molar refractivity (Wildman–Crippen MR) is 101 cm³/mol. The molecule has 0 saturated carbocycles. The van der Waals surface area contributed by atoms with Crippen molar-refractivity contribution in [3.8, 4) is 0 Å². The molecule has 2 aromatic carbocycles. The topological polar surface area (TPSA) is 72.2 Å². The Kier molecular flexibility index (Phi) is 5.45. The minimum Gasteiger partial charge on any atom is -0.272 e. The third kappa shape index (κ3) is 4.67. The van der Waals surface area contributed by atoms with Crippen molar-refractivity contribution in [3.63, 3.8) is 0 Å². The first-order valence-corrected chi connectivity index (χ1v) is 8.90. The average Bonchev–Trinajstić information content (AvgIpc) is 3.02. The summed E-state index contributed by atoms with van der Waals surface area (Å²) in [5.74, 6) is 0.194. The summed E-state index contributed by atoms with van der Waals surface area (Å²) in [7, 11) is 0. The van der Waals surface area contributed by atoms with Crippen LogP contribution < -0.4 is 5.43 Å². The Morgan fingerprint density at radius 1 is 1.20 bits per heavy atom. The van der Waals surface area contributed by atoms with Gasteiger partial charge in [0.2, 0.25) is 5.91 Å². The molecule has 3 rings (SSSR count). The maximum atomic E-state index is 11.9. The molecule has 0 spiro atoms.